The fourth-order valence-corrected chi connectivity index (χ4v) is 5.66. The van der Waals surface area contributed by atoms with Crippen molar-refractivity contribution >= 4 is 11.8 Å². The first-order valence-corrected chi connectivity index (χ1v) is 14.3. The second kappa shape index (κ2) is 13.7. The molecule has 7 heteroatoms. The highest BCUT2D eigenvalue weighted by molar-refractivity contribution is 5.62. The van der Waals surface area contributed by atoms with Crippen LogP contribution in [0, 0.1) is 0 Å². The molecule has 2 atom stereocenters. The van der Waals surface area contributed by atoms with Gasteiger partial charge in [0, 0.05) is 44.7 Å². The number of rotatable bonds is 11. The molecule has 2 aliphatic rings. The highest BCUT2D eigenvalue weighted by Gasteiger charge is 2.31. The van der Waals surface area contributed by atoms with E-state index in [4.69, 9.17) is 14.2 Å². The van der Waals surface area contributed by atoms with E-state index in [1.807, 2.05) is 30.3 Å². The van der Waals surface area contributed by atoms with Gasteiger partial charge in [-0.2, -0.15) is 0 Å². The monoisotopic (exact) mass is 543 g/mol. The smallest absolute Gasteiger partial charge is 0.137 e. The predicted molar refractivity (Wildman–Crippen MR) is 154 cm³/mol. The predicted octanol–water partition coefficient (Wildman–Crippen LogP) is 4.77. The van der Waals surface area contributed by atoms with Crippen molar-refractivity contribution in [3.8, 4) is 5.75 Å². The first-order valence-electron chi connectivity index (χ1n) is 14.3. The highest BCUT2D eigenvalue weighted by atomic mass is 16.5. The van der Waals surface area contributed by atoms with E-state index in [0.717, 1.165) is 36.3 Å². The van der Waals surface area contributed by atoms with Crippen LogP contribution in [0.25, 0.3) is 0 Å². The summed E-state index contributed by atoms with van der Waals surface area (Å²) in [4.78, 5) is 15.3. The fraction of sp³-hybridized carbons (Fsp3) is 0.424. The van der Waals surface area contributed by atoms with Gasteiger partial charge < -0.3 is 33.9 Å². The van der Waals surface area contributed by atoms with Crippen LogP contribution in [0.5, 0.6) is 5.75 Å². The van der Waals surface area contributed by atoms with E-state index in [2.05, 4.69) is 54.4 Å². The van der Waals surface area contributed by atoms with Crippen LogP contribution < -0.4 is 14.7 Å². The SMILES string of the molecule is CN1CCCc2ccc(COC3CN(C(=O)[O-])CCC3c3ccc(OCCCOCc4ccccc4)cc3)cc21. The molecule has 7 nitrogen and oxygen atoms in total. The molecule has 2 unspecified atom stereocenters. The molecule has 40 heavy (non-hydrogen) atoms. The number of benzene rings is 3. The van der Waals surface area contributed by atoms with Crippen molar-refractivity contribution in [3.63, 3.8) is 0 Å². The van der Waals surface area contributed by atoms with Crippen molar-refractivity contribution in [2.75, 3.05) is 44.8 Å². The molecule has 0 aliphatic carbocycles. The molecular weight excluding hydrogens is 504 g/mol. The Kier molecular flexibility index (Phi) is 9.58. The maximum absolute atomic E-state index is 11.6. The second-order valence-electron chi connectivity index (χ2n) is 10.8. The third-order valence-electron chi connectivity index (χ3n) is 7.90. The maximum Gasteiger partial charge on any atom is 0.137 e. The number of nitrogens with zero attached hydrogens (tertiary/aromatic N) is 2. The summed E-state index contributed by atoms with van der Waals surface area (Å²) in [6.45, 7) is 4.08. The molecule has 0 spiro atoms. The minimum atomic E-state index is -1.14. The van der Waals surface area contributed by atoms with Crippen LogP contribution in [0.15, 0.2) is 72.8 Å². The fourth-order valence-electron chi connectivity index (χ4n) is 5.66. The number of ether oxygens (including phenoxy) is 3. The lowest BCUT2D eigenvalue weighted by Gasteiger charge is -2.40. The van der Waals surface area contributed by atoms with Gasteiger partial charge in [-0.25, -0.2) is 0 Å². The van der Waals surface area contributed by atoms with Gasteiger partial charge in [-0.15, -0.1) is 0 Å². The van der Waals surface area contributed by atoms with Gasteiger partial charge in [0.05, 0.1) is 32.5 Å². The Labute approximate surface area is 237 Å². The molecule has 5 rings (SSSR count). The molecule has 3 aromatic rings. The number of piperidine rings is 1. The summed E-state index contributed by atoms with van der Waals surface area (Å²) in [5, 5.41) is 11.6. The lowest BCUT2D eigenvalue weighted by molar-refractivity contribution is -0.268. The van der Waals surface area contributed by atoms with Crippen LogP contribution >= 0.6 is 0 Å². The molecule has 2 aliphatic heterocycles. The van der Waals surface area contributed by atoms with Crippen molar-refractivity contribution in [2.24, 2.45) is 0 Å². The summed E-state index contributed by atoms with van der Waals surface area (Å²) in [5.74, 6) is 0.908. The summed E-state index contributed by atoms with van der Waals surface area (Å²) in [7, 11) is 2.13. The Hall–Kier alpha value is -3.55. The van der Waals surface area contributed by atoms with Gasteiger partial charge in [0.2, 0.25) is 0 Å². The summed E-state index contributed by atoms with van der Waals surface area (Å²) >= 11 is 0. The molecule has 0 N–H and O–H groups in total. The Balaban J connectivity index is 1.14. The van der Waals surface area contributed by atoms with Gasteiger partial charge >= 0.3 is 0 Å². The van der Waals surface area contributed by atoms with Crippen molar-refractivity contribution in [2.45, 2.75) is 50.9 Å². The molecule has 1 amide bonds. The zero-order valence-electron chi connectivity index (χ0n) is 23.3. The molecule has 0 aromatic heterocycles. The number of anilines is 1. The number of aryl methyl sites for hydroxylation is 1. The lowest BCUT2D eigenvalue weighted by atomic mass is 9.87. The van der Waals surface area contributed by atoms with E-state index < -0.39 is 6.09 Å². The van der Waals surface area contributed by atoms with Gasteiger partial charge in [-0.1, -0.05) is 54.6 Å². The van der Waals surface area contributed by atoms with E-state index >= 15 is 0 Å². The Morgan fingerprint density at radius 1 is 0.950 bits per heavy atom. The normalized spacial score (nSPS) is 18.8. The van der Waals surface area contributed by atoms with Crippen molar-refractivity contribution in [3.05, 3.63) is 95.1 Å². The summed E-state index contributed by atoms with van der Waals surface area (Å²) in [6, 6.07) is 24.8. The minimum Gasteiger partial charge on any atom is -0.530 e. The summed E-state index contributed by atoms with van der Waals surface area (Å²) < 4.78 is 18.1. The highest BCUT2D eigenvalue weighted by Crippen LogP contribution is 2.33. The van der Waals surface area contributed by atoms with Crippen molar-refractivity contribution < 1.29 is 24.1 Å². The Bertz CT molecular complexity index is 1230. The van der Waals surface area contributed by atoms with E-state index in [9.17, 15) is 9.90 Å². The van der Waals surface area contributed by atoms with Crippen molar-refractivity contribution in [1.29, 1.82) is 0 Å². The van der Waals surface area contributed by atoms with Gasteiger partial charge in [-0.05, 0) is 59.7 Å². The molecule has 0 radical (unpaired) electrons. The van der Waals surface area contributed by atoms with Crippen molar-refractivity contribution in [1.82, 2.24) is 4.90 Å². The molecule has 1 fully saturated rings. The number of carbonyl (C=O) groups excluding carboxylic acids is 1. The quantitative estimate of drug-likeness (QED) is 0.324. The third kappa shape index (κ3) is 7.34. The average molecular weight is 544 g/mol. The van der Waals surface area contributed by atoms with Gasteiger partial charge in [0.15, 0.2) is 0 Å². The number of amides is 1. The molecule has 0 bridgehead atoms. The zero-order chi connectivity index (χ0) is 27.7. The maximum atomic E-state index is 11.6. The standard InChI is InChI=1S/C33H40N2O5/c1-34-17-5-9-28-11-10-26(21-31(28)34)24-40-32-22-35(33(36)37)18-16-30(32)27-12-14-29(15-13-27)39-20-6-19-38-23-25-7-3-2-4-8-25/h2-4,7-8,10-15,21,30,32H,5-6,9,16-20,22-24H2,1H3,(H,36,37)/p-1. The van der Waals surface area contributed by atoms with Gasteiger partial charge in [0.1, 0.15) is 11.8 Å². The van der Waals surface area contributed by atoms with E-state index in [1.54, 1.807) is 0 Å². The second-order valence-corrected chi connectivity index (χ2v) is 10.8. The van der Waals surface area contributed by atoms with Crippen LogP contribution in [-0.4, -0.2) is 57.0 Å². The number of likely N-dealkylation sites (tertiary alicyclic amines) is 1. The largest absolute Gasteiger partial charge is 0.530 e. The first-order chi connectivity index (χ1) is 19.6. The third-order valence-corrected chi connectivity index (χ3v) is 7.90. The number of fused-ring (bicyclic) bond motifs is 1. The Morgan fingerprint density at radius 3 is 2.58 bits per heavy atom. The molecule has 3 aromatic carbocycles. The number of carbonyl (C=O) groups is 1. The van der Waals surface area contributed by atoms with E-state index in [1.165, 1.54) is 28.1 Å². The van der Waals surface area contributed by atoms with Gasteiger partial charge in [-0.3, -0.25) is 0 Å². The molecule has 0 saturated carbocycles. The minimum absolute atomic E-state index is 0.0938. The molecular formula is C33H39N2O5-. The number of hydrogen-bond acceptors (Lipinski definition) is 6. The van der Waals surface area contributed by atoms with Crippen LogP contribution in [0.4, 0.5) is 10.5 Å². The zero-order valence-corrected chi connectivity index (χ0v) is 23.3. The topological polar surface area (TPSA) is 74.3 Å². The summed E-state index contributed by atoms with van der Waals surface area (Å²) in [5.41, 5.74) is 6.04. The number of carboxylic acid groups (broad SMARTS) is 1. The molecule has 2 heterocycles. The van der Waals surface area contributed by atoms with E-state index in [0.29, 0.717) is 45.9 Å². The average Bonchev–Trinajstić information content (AvgIpc) is 2.99. The first kappa shape index (κ1) is 28.0. The number of hydrogen-bond donors (Lipinski definition) is 0. The molecule has 1 saturated heterocycles. The molecule has 212 valence electrons. The van der Waals surface area contributed by atoms with Crippen LogP contribution in [-0.2, 0) is 29.1 Å². The summed E-state index contributed by atoms with van der Waals surface area (Å²) in [6.07, 6.45) is 2.38. The Morgan fingerprint density at radius 2 is 1.77 bits per heavy atom. The van der Waals surface area contributed by atoms with Crippen LogP contribution in [0.1, 0.15) is 47.4 Å². The van der Waals surface area contributed by atoms with E-state index in [-0.39, 0.29) is 12.0 Å². The van der Waals surface area contributed by atoms with Gasteiger partial charge in [0.25, 0.3) is 0 Å². The van der Waals surface area contributed by atoms with Crippen LogP contribution in [0.3, 0.4) is 0 Å². The lowest BCUT2D eigenvalue weighted by Crippen LogP contribution is -2.51. The van der Waals surface area contributed by atoms with Crippen LogP contribution in [0.2, 0.25) is 0 Å².